The van der Waals surface area contributed by atoms with Gasteiger partial charge in [0.25, 0.3) is 0 Å². The van der Waals surface area contributed by atoms with Gasteiger partial charge in [-0.3, -0.25) is 0 Å². The summed E-state index contributed by atoms with van der Waals surface area (Å²) in [6.07, 6.45) is 7.00. The Labute approximate surface area is 114 Å². The van der Waals surface area contributed by atoms with Crippen molar-refractivity contribution in [1.82, 2.24) is 4.98 Å². The van der Waals surface area contributed by atoms with E-state index in [9.17, 15) is 0 Å². The summed E-state index contributed by atoms with van der Waals surface area (Å²) < 4.78 is 0. The van der Waals surface area contributed by atoms with Crippen molar-refractivity contribution in [3.8, 4) is 0 Å². The maximum Gasteiger partial charge on any atom is 0.128 e. The van der Waals surface area contributed by atoms with Gasteiger partial charge in [0.1, 0.15) is 10.8 Å². The smallest absolute Gasteiger partial charge is 0.128 e. The Morgan fingerprint density at radius 3 is 2.67 bits per heavy atom. The van der Waals surface area contributed by atoms with E-state index in [4.69, 9.17) is 18.0 Å². The highest BCUT2D eigenvalue weighted by Crippen LogP contribution is 2.24. The molecular formula is C14H21N3S. The highest BCUT2D eigenvalue weighted by molar-refractivity contribution is 7.80. The quantitative estimate of drug-likeness (QED) is 0.848. The van der Waals surface area contributed by atoms with Crippen LogP contribution in [-0.4, -0.2) is 23.1 Å². The number of anilines is 1. The van der Waals surface area contributed by atoms with Crippen LogP contribution in [0.25, 0.3) is 0 Å². The van der Waals surface area contributed by atoms with Gasteiger partial charge in [-0.15, -0.1) is 0 Å². The van der Waals surface area contributed by atoms with E-state index in [0.717, 1.165) is 30.4 Å². The van der Waals surface area contributed by atoms with Crippen LogP contribution in [0.2, 0.25) is 0 Å². The fourth-order valence-electron chi connectivity index (χ4n) is 2.58. The maximum absolute atomic E-state index is 5.57. The Hall–Kier alpha value is -1.16. The summed E-state index contributed by atoms with van der Waals surface area (Å²) >= 11 is 4.93. The molecular weight excluding hydrogens is 242 g/mol. The molecule has 0 saturated carbocycles. The van der Waals surface area contributed by atoms with Crippen molar-refractivity contribution in [2.75, 3.05) is 18.0 Å². The molecule has 0 bridgehead atoms. The van der Waals surface area contributed by atoms with Crippen LogP contribution < -0.4 is 10.6 Å². The minimum atomic E-state index is 0.413. The standard InChI is InChI=1S/C14H21N3S/c1-2-3-11-6-8-17(9-7-11)13-5-4-12(10-16-13)14(15)18/h4-5,10-11H,2-3,6-9H2,1H3,(H2,15,18). The number of rotatable bonds is 4. The largest absolute Gasteiger partial charge is 0.389 e. The van der Waals surface area contributed by atoms with Gasteiger partial charge in [0.15, 0.2) is 0 Å². The van der Waals surface area contributed by atoms with E-state index in [2.05, 4.69) is 16.8 Å². The van der Waals surface area contributed by atoms with Crippen molar-refractivity contribution in [3.05, 3.63) is 23.9 Å². The lowest BCUT2D eigenvalue weighted by molar-refractivity contribution is 0.377. The van der Waals surface area contributed by atoms with E-state index in [0.29, 0.717) is 4.99 Å². The van der Waals surface area contributed by atoms with Crippen molar-refractivity contribution in [1.29, 1.82) is 0 Å². The van der Waals surface area contributed by atoms with E-state index in [1.807, 2.05) is 12.1 Å². The first-order chi connectivity index (χ1) is 8.70. The predicted molar refractivity (Wildman–Crippen MR) is 80.0 cm³/mol. The number of hydrogen-bond acceptors (Lipinski definition) is 3. The number of piperidine rings is 1. The van der Waals surface area contributed by atoms with Crippen molar-refractivity contribution in [2.45, 2.75) is 32.6 Å². The fraction of sp³-hybridized carbons (Fsp3) is 0.571. The van der Waals surface area contributed by atoms with Gasteiger partial charge >= 0.3 is 0 Å². The van der Waals surface area contributed by atoms with Crippen LogP contribution in [0.3, 0.4) is 0 Å². The molecule has 0 amide bonds. The molecule has 1 fully saturated rings. The first-order valence-corrected chi connectivity index (χ1v) is 7.12. The number of thiocarbonyl (C=S) groups is 1. The zero-order valence-electron chi connectivity index (χ0n) is 10.9. The zero-order valence-corrected chi connectivity index (χ0v) is 11.7. The molecule has 0 spiro atoms. The molecule has 1 aromatic rings. The summed E-state index contributed by atoms with van der Waals surface area (Å²) in [5.74, 6) is 1.95. The number of hydrogen-bond donors (Lipinski definition) is 1. The van der Waals surface area contributed by atoms with Gasteiger partial charge in [0.2, 0.25) is 0 Å². The first kappa shape index (κ1) is 13.3. The van der Waals surface area contributed by atoms with E-state index in [1.165, 1.54) is 25.7 Å². The Bertz CT molecular complexity index is 394. The Morgan fingerprint density at radius 2 is 2.17 bits per heavy atom. The van der Waals surface area contributed by atoms with Gasteiger partial charge in [0, 0.05) is 24.8 Å². The Morgan fingerprint density at radius 1 is 1.44 bits per heavy atom. The summed E-state index contributed by atoms with van der Waals surface area (Å²) in [5.41, 5.74) is 6.41. The van der Waals surface area contributed by atoms with Crippen molar-refractivity contribution in [2.24, 2.45) is 11.7 Å². The molecule has 0 unspecified atom stereocenters. The number of nitrogens with zero attached hydrogens (tertiary/aromatic N) is 2. The molecule has 0 atom stereocenters. The third kappa shape index (κ3) is 3.19. The van der Waals surface area contributed by atoms with Gasteiger partial charge in [-0.05, 0) is 30.9 Å². The molecule has 98 valence electrons. The normalized spacial score (nSPS) is 16.8. The molecule has 1 aliphatic rings. The van der Waals surface area contributed by atoms with Crippen LogP contribution in [0.5, 0.6) is 0 Å². The molecule has 4 heteroatoms. The number of aromatic nitrogens is 1. The summed E-state index contributed by atoms with van der Waals surface area (Å²) in [6.45, 7) is 4.50. The van der Waals surface area contributed by atoms with Crippen LogP contribution >= 0.6 is 12.2 Å². The third-order valence-corrected chi connectivity index (χ3v) is 3.90. The van der Waals surface area contributed by atoms with Gasteiger partial charge in [-0.2, -0.15) is 0 Å². The molecule has 0 aliphatic carbocycles. The molecule has 1 aromatic heterocycles. The molecule has 1 aliphatic heterocycles. The maximum atomic E-state index is 5.57. The summed E-state index contributed by atoms with van der Waals surface area (Å²) in [6, 6.07) is 3.98. The van der Waals surface area contributed by atoms with Gasteiger partial charge < -0.3 is 10.6 Å². The molecule has 2 N–H and O–H groups in total. The van der Waals surface area contributed by atoms with E-state index in [1.54, 1.807) is 6.20 Å². The lowest BCUT2D eigenvalue weighted by Gasteiger charge is -2.32. The summed E-state index contributed by atoms with van der Waals surface area (Å²) in [4.78, 5) is 7.22. The summed E-state index contributed by atoms with van der Waals surface area (Å²) in [5, 5.41) is 0. The van der Waals surface area contributed by atoms with Gasteiger partial charge in [0.05, 0.1) is 0 Å². The zero-order chi connectivity index (χ0) is 13.0. The molecule has 0 radical (unpaired) electrons. The average Bonchev–Trinajstić information content (AvgIpc) is 2.40. The monoisotopic (exact) mass is 263 g/mol. The van der Waals surface area contributed by atoms with Crippen LogP contribution in [0.15, 0.2) is 18.3 Å². The Kier molecular flexibility index (Phi) is 4.53. The second-order valence-electron chi connectivity index (χ2n) is 4.99. The number of nitrogens with two attached hydrogens (primary N) is 1. The molecule has 18 heavy (non-hydrogen) atoms. The van der Waals surface area contributed by atoms with Gasteiger partial charge in [-0.1, -0.05) is 32.0 Å². The van der Waals surface area contributed by atoms with E-state index >= 15 is 0 Å². The van der Waals surface area contributed by atoms with Crippen molar-refractivity contribution < 1.29 is 0 Å². The van der Waals surface area contributed by atoms with E-state index < -0.39 is 0 Å². The van der Waals surface area contributed by atoms with Gasteiger partial charge in [-0.25, -0.2) is 4.98 Å². The molecule has 2 rings (SSSR count). The van der Waals surface area contributed by atoms with Crippen molar-refractivity contribution in [3.63, 3.8) is 0 Å². The highest BCUT2D eigenvalue weighted by atomic mass is 32.1. The van der Waals surface area contributed by atoms with Crippen LogP contribution in [0.1, 0.15) is 38.2 Å². The Balaban J connectivity index is 1.95. The molecule has 0 aromatic carbocycles. The predicted octanol–water partition coefficient (Wildman–Crippen LogP) is 2.73. The topological polar surface area (TPSA) is 42.1 Å². The van der Waals surface area contributed by atoms with E-state index in [-0.39, 0.29) is 0 Å². The molecule has 1 saturated heterocycles. The van der Waals surface area contributed by atoms with Crippen LogP contribution in [0, 0.1) is 5.92 Å². The second kappa shape index (κ2) is 6.14. The fourth-order valence-corrected chi connectivity index (χ4v) is 2.70. The molecule has 2 heterocycles. The lowest BCUT2D eigenvalue weighted by Crippen LogP contribution is -2.34. The lowest BCUT2D eigenvalue weighted by atomic mass is 9.92. The second-order valence-corrected chi connectivity index (χ2v) is 5.43. The number of pyridine rings is 1. The highest BCUT2D eigenvalue weighted by Gasteiger charge is 2.19. The average molecular weight is 263 g/mol. The SMILES string of the molecule is CCCC1CCN(c2ccc(C(N)=S)cn2)CC1. The molecule has 3 nitrogen and oxygen atoms in total. The minimum Gasteiger partial charge on any atom is -0.389 e. The summed E-state index contributed by atoms with van der Waals surface area (Å²) in [7, 11) is 0. The third-order valence-electron chi connectivity index (χ3n) is 3.67. The van der Waals surface area contributed by atoms with Crippen molar-refractivity contribution >= 4 is 23.0 Å². The minimum absolute atomic E-state index is 0.413. The first-order valence-electron chi connectivity index (χ1n) is 6.71. The van der Waals surface area contributed by atoms with Crippen LogP contribution in [-0.2, 0) is 0 Å². The van der Waals surface area contributed by atoms with Crippen LogP contribution in [0.4, 0.5) is 5.82 Å².